The van der Waals surface area contributed by atoms with Crippen molar-refractivity contribution in [3.8, 4) is 11.3 Å². The lowest BCUT2D eigenvalue weighted by atomic mass is 9.93. The number of ether oxygens (including phenoxy) is 1. The molecule has 4 heterocycles. The number of amides is 1. The van der Waals surface area contributed by atoms with Crippen molar-refractivity contribution >= 4 is 23.2 Å². The van der Waals surface area contributed by atoms with Crippen molar-refractivity contribution in [1.29, 1.82) is 0 Å². The third-order valence-electron chi connectivity index (χ3n) is 9.02. The Labute approximate surface area is 250 Å². The van der Waals surface area contributed by atoms with Gasteiger partial charge < -0.3 is 14.5 Å². The zero-order valence-corrected chi connectivity index (χ0v) is 24.8. The summed E-state index contributed by atoms with van der Waals surface area (Å²) in [6.45, 7) is 7.58. The molecule has 1 amide bonds. The van der Waals surface area contributed by atoms with Gasteiger partial charge in [-0.25, -0.2) is 13.9 Å². The van der Waals surface area contributed by atoms with Crippen molar-refractivity contribution in [2.24, 2.45) is 5.92 Å². The van der Waals surface area contributed by atoms with Crippen LogP contribution in [0.25, 0.3) is 16.9 Å². The first-order chi connectivity index (χ1) is 20.8. The van der Waals surface area contributed by atoms with E-state index in [1.54, 1.807) is 16.6 Å². The second-order valence-corrected chi connectivity index (χ2v) is 12.4. The molecule has 1 saturated heterocycles. The van der Waals surface area contributed by atoms with Gasteiger partial charge in [-0.1, -0.05) is 38.1 Å². The highest BCUT2D eigenvalue weighted by molar-refractivity contribution is 5.93. The van der Waals surface area contributed by atoms with Gasteiger partial charge in [0.25, 0.3) is 5.91 Å². The maximum absolute atomic E-state index is 15.6. The third-order valence-corrected chi connectivity index (χ3v) is 9.02. The highest BCUT2D eigenvalue weighted by Gasteiger charge is 2.33. The van der Waals surface area contributed by atoms with Crippen LogP contribution in [0.5, 0.6) is 0 Å². The first-order valence-electron chi connectivity index (χ1n) is 15.3. The Kier molecular flexibility index (Phi) is 6.91. The smallest absolute Gasteiger partial charge is 0.308 e. The van der Waals surface area contributed by atoms with Crippen LogP contribution in [0.4, 0.5) is 10.1 Å². The Bertz CT molecular complexity index is 1730. The molecular formula is C34H36FN5O3. The van der Waals surface area contributed by atoms with E-state index in [4.69, 9.17) is 14.8 Å². The molecule has 2 aromatic carbocycles. The third kappa shape index (κ3) is 5.15. The average Bonchev–Trinajstić information content (AvgIpc) is 3.59. The van der Waals surface area contributed by atoms with Crippen LogP contribution in [0, 0.1) is 11.7 Å². The fourth-order valence-electron chi connectivity index (χ4n) is 6.37. The lowest BCUT2D eigenvalue weighted by Gasteiger charge is -2.35. The lowest BCUT2D eigenvalue weighted by Crippen LogP contribution is -2.39. The highest BCUT2D eigenvalue weighted by atomic mass is 19.1. The van der Waals surface area contributed by atoms with Crippen LogP contribution >= 0.6 is 0 Å². The molecule has 0 bridgehead atoms. The minimum absolute atomic E-state index is 0.0407. The van der Waals surface area contributed by atoms with E-state index in [-0.39, 0.29) is 35.8 Å². The summed E-state index contributed by atoms with van der Waals surface area (Å²) in [6.07, 6.45) is 3.40. The number of halogens is 1. The SMILES string of the molecule is CC(C)C(=O)O[C@H]1CCN(c2ccc(-c3cc4nc(C(=O)N5CCc6ccccc6[C@H]5C)cc(C5CC5)n4n3)c(F)c2)C1. The summed E-state index contributed by atoms with van der Waals surface area (Å²) in [6, 6.07) is 17.1. The van der Waals surface area contributed by atoms with Gasteiger partial charge in [0.2, 0.25) is 0 Å². The molecule has 4 aromatic rings. The summed E-state index contributed by atoms with van der Waals surface area (Å²) in [5.41, 5.74) is 5.97. The largest absolute Gasteiger partial charge is 0.460 e. The molecule has 1 saturated carbocycles. The topological polar surface area (TPSA) is 80.0 Å². The maximum Gasteiger partial charge on any atom is 0.308 e. The molecule has 222 valence electrons. The van der Waals surface area contributed by atoms with Gasteiger partial charge in [0, 0.05) is 48.4 Å². The number of carbonyl (C=O) groups is 2. The van der Waals surface area contributed by atoms with E-state index in [9.17, 15) is 9.59 Å². The van der Waals surface area contributed by atoms with Gasteiger partial charge >= 0.3 is 5.97 Å². The lowest BCUT2D eigenvalue weighted by molar-refractivity contribution is -0.151. The number of fused-ring (bicyclic) bond motifs is 2. The molecule has 9 heteroatoms. The molecule has 3 aliphatic rings. The molecule has 2 fully saturated rings. The van der Waals surface area contributed by atoms with Crippen molar-refractivity contribution in [3.05, 3.63) is 82.9 Å². The van der Waals surface area contributed by atoms with E-state index in [1.165, 1.54) is 17.2 Å². The van der Waals surface area contributed by atoms with Gasteiger partial charge in [0.05, 0.1) is 24.2 Å². The summed E-state index contributed by atoms with van der Waals surface area (Å²) in [7, 11) is 0. The number of rotatable bonds is 6. The van der Waals surface area contributed by atoms with Gasteiger partial charge in [0.15, 0.2) is 5.65 Å². The first kappa shape index (κ1) is 27.6. The van der Waals surface area contributed by atoms with Gasteiger partial charge in [-0.2, -0.15) is 5.10 Å². The number of anilines is 1. The molecule has 2 atom stereocenters. The molecule has 0 spiro atoms. The predicted molar refractivity (Wildman–Crippen MR) is 162 cm³/mol. The zero-order chi connectivity index (χ0) is 29.8. The van der Waals surface area contributed by atoms with E-state index < -0.39 is 0 Å². The minimum Gasteiger partial charge on any atom is -0.460 e. The van der Waals surface area contributed by atoms with Gasteiger partial charge in [-0.15, -0.1) is 0 Å². The number of hydrogen-bond donors (Lipinski definition) is 0. The molecule has 0 N–H and O–H groups in total. The van der Waals surface area contributed by atoms with Crippen LogP contribution in [0.2, 0.25) is 0 Å². The Hall–Kier alpha value is -4.27. The minimum atomic E-state index is -0.381. The van der Waals surface area contributed by atoms with E-state index in [0.29, 0.717) is 54.6 Å². The van der Waals surface area contributed by atoms with Gasteiger partial charge in [-0.05, 0) is 61.6 Å². The maximum atomic E-state index is 15.6. The molecular weight excluding hydrogens is 545 g/mol. The number of esters is 1. The fourth-order valence-corrected chi connectivity index (χ4v) is 6.37. The van der Waals surface area contributed by atoms with Crippen molar-refractivity contribution < 1.29 is 18.7 Å². The van der Waals surface area contributed by atoms with Crippen LogP contribution in [0.15, 0.2) is 54.6 Å². The Morgan fingerprint density at radius 1 is 1.02 bits per heavy atom. The van der Waals surface area contributed by atoms with Crippen LogP contribution in [0.1, 0.15) is 79.3 Å². The van der Waals surface area contributed by atoms with Crippen LogP contribution in [0.3, 0.4) is 0 Å². The number of hydrogen-bond acceptors (Lipinski definition) is 6. The number of benzene rings is 2. The van der Waals surface area contributed by atoms with Crippen LogP contribution < -0.4 is 4.90 Å². The quantitative estimate of drug-likeness (QED) is 0.262. The van der Waals surface area contributed by atoms with E-state index in [2.05, 4.69) is 19.1 Å². The van der Waals surface area contributed by atoms with Crippen molar-refractivity contribution in [3.63, 3.8) is 0 Å². The summed E-state index contributed by atoms with van der Waals surface area (Å²) in [5, 5.41) is 4.77. The zero-order valence-electron chi connectivity index (χ0n) is 24.8. The highest BCUT2D eigenvalue weighted by Crippen LogP contribution is 2.41. The second kappa shape index (κ2) is 10.8. The van der Waals surface area contributed by atoms with Gasteiger partial charge in [-0.3, -0.25) is 9.59 Å². The summed E-state index contributed by atoms with van der Waals surface area (Å²) < 4.78 is 22.9. The average molecular weight is 582 g/mol. The summed E-state index contributed by atoms with van der Waals surface area (Å²) >= 11 is 0. The van der Waals surface area contributed by atoms with E-state index in [1.807, 2.05) is 47.9 Å². The van der Waals surface area contributed by atoms with Crippen molar-refractivity contribution in [1.82, 2.24) is 19.5 Å². The Morgan fingerprint density at radius 3 is 2.60 bits per heavy atom. The molecule has 7 rings (SSSR count). The fraction of sp³-hybridized carbons (Fsp3) is 0.412. The summed E-state index contributed by atoms with van der Waals surface area (Å²) in [4.78, 5) is 34.5. The molecule has 2 aliphatic heterocycles. The molecule has 0 radical (unpaired) electrons. The van der Waals surface area contributed by atoms with Crippen LogP contribution in [-0.2, 0) is 16.0 Å². The molecule has 2 aromatic heterocycles. The monoisotopic (exact) mass is 581 g/mol. The van der Waals surface area contributed by atoms with Crippen LogP contribution in [-0.4, -0.2) is 57.1 Å². The Morgan fingerprint density at radius 2 is 1.84 bits per heavy atom. The van der Waals surface area contributed by atoms with Crippen molar-refractivity contribution in [2.75, 3.05) is 24.5 Å². The normalized spacial score (nSPS) is 20.1. The molecule has 0 unspecified atom stereocenters. The number of aromatic nitrogens is 3. The first-order valence-corrected chi connectivity index (χ1v) is 15.3. The van der Waals surface area contributed by atoms with Crippen molar-refractivity contribution in [2.45, 2.75) is 64.5 Å². The predicted octanol–water partition coefficient (Wildman–Crippen LogP) is 5.95. The number of carbonyl (C=O) groups excluding carboxylic acids is 2. The van der Waals surface area contributed by atoms with E-state index in [0.717, 1.165) is 30.6 Å². The summed E-state index contributed by atoms with van der Waals surface area (Å²) in [5.74, 6) is -0.545. The second-order valence-electron chi connectivity index (χ2n) is 12.4. The number of nitrogens with zero attached hydrogens (tertiary/aromatic N) is 5. The molecule has 8 nitrogen and oxygen atoms in total. The standard InChI is InChI=1S/C34H36FN5O3/c1-20(2)34(42)43-25-13-14-38(19-25)24-10-11-27(28(35)16-24)29-18-32-36-30(17-31(23-8-9-23)40(32)37-29)33(41)39-15-12-22-6-4-5-7-26(22)21(39)3/h4-7,10-11,16-18,20-21,23,25H,8-9,12-15,19H2,1-3H3/t21-,25+/m1/s1. The Balaban J connectivity index is 1.15. The van der Waals surface area contributed by atoms with Gasteiger partial charge in [0.1, 0.15) is 17.6 Å². The van der Waals surface area contributed by atoms with E-state index >= 15 is 4.39 Å². The molecule has 43 heavy (non-hydrogen) atoms. The molecule has 1 aliphatic carbocycles.